The Hall–Kier alpha value is -4.49. The third-order valence-electron chi connectivity index (χ3n) is 7.02. The lowest BCUT2D eigenvalue weighted by Crippen LogP contribution is -2.48. The molecule has 0 bridgehead atoms. The molecule has 0 saturated heterocycles. The predicted molar refractivity (Wildman–Crippen MR) is 141 cm³/mol. The van der Waals surface area contributed by atoms with Crippen molar-refractivity contribution in [3.63, 3.8) is 0 Å². The molecule has 1 atom stereocenters. The zero-order valence-electron chi connectivity index (χ0n) is 20.1. The first-order chi connectivity index (χ1) is 17.9. The molecule has 2 aliphatic heterocycles. The fourth-order valence-corrected chi connectivity index (χ4v) is 5.24. The van der Waals surface area contributed by atoms with Crippen molar-refractivity contribution in [1.82, 2.24) is 4.90 Å². The van der Waals surface area contributed by atoms with E-state index in [1.54, 1.807) is 65.6 Å². The van der Waals surface area contributed by atoms with E-state index >= 15 is 0 Å². The van der Waals surface area contributed by atoms with Gasteiger partial charge in [0.1, 0.15) is 22.7 Å². The smallest absolute Gasteiger partial charge is 0.347 e. The van der Waals surface area contributed by atoms with E-state index in [4.69, 9.17) is 4.42 Å². The number of aliphatic hydroxyl groups is 1. The van der Waals surface area contributed by atoms with Gasteiger partial charge in [-0.05, 0) is 25.5 Å². The van der Waals surface area contributed by atoms with Gasteiger partial charge in [-0.25, -0.2) is 4.79 Å². The van der Waals surface area contributed by atoms with Gasteiger partial charge in [-0.15, -0.1) is 0 Å². The van der Waals surface area contributed by atoms with Gasteiger partial charge in [0.15, 0.2) is 11.5 Å². The Balaban J connectivity index is 1.74. The van der Waals surface area contributed by atoms with Gasteiger partial charge >= 0.3 is 5.63 Å². The van der Waals surface area contributed by atoms with Crippen LogP contribution in [0.4, 0.5) is 0 Å². The molecule has 1 unspecified atom stereocenters. The van der Waals surface area contributed by atoms with Crippen molar-refractivity contribution < 1.29 is 19.4 Å². The standard InChI is InChI=1S/C30H24N2O5/c1-18-12-14-19(15-13-18)26(33)23-25(24-27(34)21-10-5-6-11-22(21)37-29(24)35)30(36,20-8-3-2-4-9-20)32-17-7-16-31-28(23)32/h2-6,8-15,34,36H,7,16-17H2,1H3. The number of para-hydroxylation sites is 1. The maximum atomic E-state index is 14.1. The number of carbonyl (C=O) groups excluding carboxylic acids is 1. The lowest BCUT2D eigenvalue weighted by atomic mass is 9.86. The molecule has 0 aliphatic carbocycles. The van der Waals surface area contributed by atoms with Gasteiger partial charge in [0.25, 0.3) is 0 Å². The van der Waals surface area contributed by atoms with Crippen LogP contribution in [0.5, 0.6) is 5.75 Å². The van der Waals surface area contributed by atoms with Crippen molar-refractivity contribution in [2.45, 2.75) is 19.1 Å². The van der Waals surface area contributed by atoms with E-state index in [1.165, 1.54) is 0 Å². The molecule has 0 saturated carbocycles. The van der Waals surface area contributed by atoms with Crippen molar-refractivity contribution >= 4 is 28.2 Å². The number of aryl methyl sites for hydroxylation is 1. The van der Waals surface area contributed by atoms with Crippen LogP contribution in [-0.4, -0.2) is 39.8 Å². The summed E-state index contributed by atoms with van der Waals surface area (Å²) in [5.74, 6) is -0.463. The Morgan fingerprint density at radius 1 is 1.00 bits per heavy atom. The van der Waals surface area contributed by atoms with Crippen LogP contribution in [0, 0.1) is 6.92 Å². The molecule has 0 amide bonds. The van der Waals surface area contributed by atoms with E-state index in [-0.39, 0.29) is 28.0 Å². The molecule has 0 radical (unpaired) electrons. The quantitative estimate of drug-likeness (QED) is 0.323. The van der Waals surface area contributed by atoms with E-state index < -0.39 is 17.1 Å². The molecule has 0 fully saturated rings. The number of aromatic hydroxyl groups is 1. The van der Waals surface area contributed by atoms with Gasteiger partial charge in [0.05, 0.1) is 11.0 Å². The second-order valence-electron chi connectivity index (χ2n) is 9.30. The van der Waals surface area contributed by atoms with Crippen LogP contribution < -0.4 is 5.63 Å². The summed E-state index contributed by atoms with van der Waals surface area (Å²) in [7, 11) is 0. The molecule has 7 nitrogen and oxygen atoms in total. The minimum absolute atomic E-state index is 0.0260. The average molecular weight is 493 g/mol. The van der Waals surface area contributed by atoms with E-state index in [1.807, 2.05) is 25.1 Å². The molecule has 6 rings (SSSR count). The first kappa shape index (κ1) is 22.9. The minimum atomic E-state index is -1.94. The van der Waals surface area contributed by atoms with Gasteiger partial charge in [0, 0.05) is 29.8 Å². The highest BCUT2D eigenvalue weighted by atomic mass is 16.4. The van der Waals surface area contributed by atoms with Gasteiger partial charge in [-0.1, -0.05) is 72.3 Å². The Bertz CT molecular complexity index is 1670. The minimum Gasteiger partial charge on any atom is -0.506 e. The summed E-state index contributed by atoms with van der Waals surface area (Å²) < 4.78 is 5.59. The van der Waals surface area contributed by atoms with Crippen LogP contribution >= 0.6 is 0 Å². The normalized spacial score (nSPS) is 19.2. The number of fused-ring (bicyclic) bond motifs is 2. The van der Waals surface area contributed by atoms with Crippen molar-refractivity contribution in [2.75, 3.05) is 13.1 Å². The van der Waals surface area contributed by atoms with Crippen molar-refractivity contribution in [1.29, 1.82) is 0 Å². The third kappa shape index (κ3) is 3.42. The number of aliphatic imine (C=N–C) groups is 1. The van der Waals surface area contributed by atoms with Crippen molar-refractivity contribution in [2.24, 2.45) is 4.99 Å². The van der Waals surface area contributed by atoms with E-state index in [0.29, 0.717) is 41.9 Å². The molecular weight excluding hydrogens is 468 g/mol. The topological polar surface area (TPSA) is 103 Å². The van der Waals surface area contributed by atoms with Crippen molar-refractivity contribution in [3.05, 3.63) is 117 Å². The van der Waals surface area contributed by atoms with Gasteiger partial charge < -0.3 is 19.5 Å². The second-order valence-corrected chi connectivity index (χ2v) is 9.30. The largest absolute Gasteiger partial charge is 0.506 e. The zero-order valence-corrected chi connectivity index (χ0v) is 20.1. The van der Waals surface area contributed by atoms with Crippen LogP contribution in [0.25, 0.3) is 16.5 Å². The predicted octanol–water partition coefficient (Wildman–Crippen LogP) is 4.41. The monoisotopic (exact) mass is 492 g/mol. The zero-order chi connectivity index (χ0) is 25.7. The van der Waals surface area contributed by atoms with Crippen LogP contribution in [-0.2, 0) is 5.72 Å². The third-order valence-corrected chi connectivity index (χ3v) is 7.02. The number of hydrogen-bond donors (Lipinski definition) is 2. The SMILES string of the molecule is Cc1ccc(C(=O)C2=C(c3c(O)c4ccccc4oc3=O)C(O)(c3ccccc3)N3CCCN=C23)cc1. The average Bonchev–Trinajstić information content (AvgIpc) is 3.19. The molecule has 4 aromatic rings. The summed E-state index contributed by atoms with van der Waals surface area (Å²) in [5, 5.41) is 24.3. The highest BCUT2D eigenvalue weighted by Crippen LogP contribution is 2.50. The van der Waals surface area contributed by atoms with Crippen molar-refractivity contribution in [3.8, 4) is 5.75 Å². The molecule has 1 aromatic heterocycles. The summed E-state index contributed by atoms with van der Waals surface area (Å²) in [6.45, 7) is 2.79. The highest BCUT2D eigenvalue weighted by molar-refractivity contribution is 6.34. The number of amidine groups is 1. The summed E-state index contributed by atoms with van der Waals surface area (Å²) >= 11 is 0. The Labute approximate surface area is 212 Å². The maximum Gasteiger partial charge on any atom is 0.347 e. The molecule has 184 valence electrons. The number of benzene rings is 3. The molecule has 7 heteroatoms. The number of rotatable bonds is 4. The second kappa shape index (κ2) is 8.57. The lowest BCUT2D eigenvalue weighted by molar-refractivity contribution is -0.0168. The van der Waals surface area contributed by atoms with Gasteiger partial charge in [-0.3, -0.25) is 9.79 Å². The van der Waals surface area contributed by atoms with Crippen LogP contribution in [0.3, 0.4) is 0 Å². The van der Waals surface area contributed by atoms with E-state index in [0.717, 1.165) is 5.56 Å². The number of carbonyl (C=O) groups is 1. The molecule has 2 aliphatic rings. The number of ketones is 1. The Morgan fingerprint density at radius 3 is 2.46 bits per heavy atom. The first-order valence-corrected chi connectivity index (χ1v) is 12.1. The number of hydrogen-bond acceptors (Lipinski definition) is 7. The molecule has 0 spiro atoms. The van der Waals surface area contributed by atoms with Crippen LogP contribution in [0.2, 0.25) is 0 Å². The van der Waals surface area contributed by atoms with Gasteiger partial charge in [-0.2, -0.15) is 0 Å². The Kier molecular flexibility index (Phi) is 5.31. The number of nitrogens with zero attached hydrogens (tertiary/aromatic N) is 2. The molecule has 3 aromatic carbocycles. The lowest BCUT2D eigenvalue weighted by Gasteiger charge is -2.39. The highest BCUT2D eigenvalue weighted by Gasteiger charge is 2.54. The first-order valence-electron chi connectivity index (χ1n) is 12.1. The van der Waals surface area contributed by atoms with Crippen LogP contribution in [0.15, 0.2) is 98.6 Å². The van der Waals surface area contributed by atoms with E-state index in [9.17, 15) is 19.8 Å². The molecule has 37 heavy (non-hydrogen) atoms. The fraction of sp³-hybridized carbons (Fsp3) is 0.167. The van der Waals surface area contributed by atoms with E-state index in [2.05, 4.69) is 4.99 Å². The summed E-state index contributed by atoms with van der Waals surface area (Å²) in [5.41, 5.74) is -0.973. The fourth-order valence-electron chi connectivity index (χ4n) is 5.24. The molecular formula is C30H24N2O5. The Morgan fingerprint density at radius 2 is 1.70 bits per heavy atom. The van der Waals surface area contributed by atoms with Crippen LogP contribution in [0.1, 0.15) is 33.5 Å². The summed E-state index contributed by atoms with van der Waals surface area (Å²) in [6, 6.07) is 22.5. The summed E-state index contributed by atoms with van der Waals surface area (Å²) in [6.07, 6.45) is 0.649. The molecule has 2 N–H and O–H groups in total. The maximum absolute atomic E-state index is 14.1. The number of Topliss-reactive ketones (excluding diaryl/α,β-unsaturated/α-hetero) is 1. The van der Waals surface area contributed by atoms with Gasteiger partial charge in [0.2, 0.25) is 0 Å². The summed E-state index contributed by atoms with van der Waals surface area (Å²) in [4.78, 5) is 33.9. The molecule has 3 heterocycles.